The molecule has 0 N–H and O–H groups in total. The number of Topliss-reactive ketones (excluding diaryl/α,β-unsaturated/α-hetero) is 1. The monoisotopic (exact) mass is 455 g/mol. The Morgan fingerprint density at radius 1 is 0.933 bits per heavy atom. The fourth-order valence-corrected chi connectivity index (χ4v) is 4.27. The molecule has 0 aliphatic heterocycles. The average molecular weight is 456 g/mol. The second-order valence-corrected chi connectivity index (χ2v) is 8.12. The van der Waals surface area contributed by atoms with Gasteiger partial charge in [-0.3, -0.25) is 4.79 Å². The molecule has 3 aromatic heterocycles. The second kappa shape index (κ2) is 6.50. The number of aromatic nitrogens is 3. The van der Waals surface area contributed by atoms with E-state index in [1.807, 2.05) is 71.3 Å². The summed E-state index contributed by atoms with van der Waals surface area (Å²) in [6.45, 7) is 0.120. The first-order valence-corrected chi connectivity index (χ1v) is 10.3. The lowest BCUT2D eigenvalue weighted by atomic mass is 10.2. The Morgan fingerprint density at radius 2 is 1.70 bits per heavy atom. The fraction of sp³-hybridized carbons (Fsp3) is 0.0417. The van der Waals surface area contributed by atoms with Crippen molar-refractivity contribution >= 4 is 65.8 Å². The molecule has 0 fully saturated rings. The number of carbonyl (C=O) groups is 1. The fourth-order valence-electron chi connectivity index (χ4n) is 3.91. The van der Waals surface area contributed by atoms with Gasteiger partial charge in [-0.15, -0.1) is 0 Å². The first kappa shape index (κ1) is 17.4. The van der Waals surface area contributed by atoms with Gasteiger partial charge in [-0.1, -0.05) is 46.3 Å². The minimum Gasteiger partial charge on any atom is -0.453 e. The van der Waals surface area contributed by atoms with Gasteiger partial charge in [-0.25, -0.2) is 9.97 Å². The van der Waals surface area contributed by atoms with Crippen molar-refractivity contribution in [3.63, 3.8) is 0 Å². The van der Waals surface area contributed by atoms with Crippen molar-refractivity contribution in [1.82, 2.24) is 14.5 Å². The Kier molecular flexibility index (Phi) is 3.76. The van der Waals surface area contributed by atoms with E-state index in [9.17, 15) is 4.79 Å². The highest BCUT2D eigenvalue weighted by molar-refractivity contribution is 9.10. The van der Waals surface area contributed by atoms with Gasteiger partial charge in [0.25, 0.3) is 0 Å². The highest BCUT2D eigenvalue weighted by atomic mass is 79.9. The number of halogens is 1. The molecule has 5 nitrogen and oxygen atoms in total. The van der Waals surface area contributed by atoms with Gasteiger partial charge in [-0.05, 0) is 42.5 Å². The largest absolute Gasteiger partial charge is 0.453 e. The minimum atomic E-state index is -0.108. The number of furan rings is 1. The number of fused-ring (bicyclic) bond motifs is 5. The zero-order chi connectivity index (χ0) is 20.2. The number of hydrogen-bond donors (Lipinski definition) is 0. The second-order valence-electron chi connectivity index (χ2n) is 7.20. The molecule has 144 valence electrons. The van der Waals surface area contributed by atoms with Crippen molar-refractivity contribution in [1.29, 1.82) is 0 Å². The van der Waals surface area contributed by atoms with E-state index < -0.39 is 0 Å². The zero-order valence-electron chi connectivity index (χ0n) is 15.7. The molecule has 0 radical (unpaired) electrons. The SMILES string of the molecule is O=C(Cn1c2ccc(Br)cc2c2nc3ccccc3nc21)c1cc2ccccc2o1. The van der Waals surface area contributed by atoms with Gasteiger partial charge < -0.3 is 8.98 Å². The van der Waals surface area contributed by atoms with E-state index >= 15 is 0 Å². The summed E-state index contributed by atoms with van der Waals surface area (Å²) in [6, 6.07) is 23.1. The molecule has 0 saturated heterocycles. The van der Waals surface area contributed by atoms with Crippen molar-refractivity contribution in [2.75, 3.05) is 0 Å². The number of benzene rings is 3. The van der Waals surface area contributed by atoms with E-state index in [1.54, 1.807) is 6.07 Å². The molecule has 6 heteroatoms. The van der Waals surface area contributed by atoms with Crippen molar-refractivity contribution < 1.29 is 9.21 Å². The maximum absolute atomic E-state index is 13.1. The first-order chi connectivity index (χ1) is 14.7. The Balaban J connectivity index is 1.56. The Morgan fingerprint density at radius 3 is 2.53 bits per heavy atom. The van der Waals surface area contributed by atoms with Gasteiger partial charge in [0.05, 0.1) is 23.1 Å². The Bertz CT molecular complexity index is 1580. The Hall–Kier alpha value is -3.51. The number of carbonyl (C=O) groups excluding carboxylic acids is 1. The molecule has 0 atom stereocenters. The van der Waals surface area contributed by atoms with Crippen LogP contribution in [-0.2, 0) is 6.54 Å². The molecule has 0 aliphatic rings. The summed E-state index contributed by atoms with van der Waals surface area (Å²) in [5.74, 6) is 0.236. The van der Waals surface area contributed by atoms with Crippen LogP contribution in [0, 0.1) is 0 Å². The van der Waals surface area contributed by atoms with Crippen molar-refractivity contribution in [2.45, 2.75) is 6.54 Å². The van der Waals surface area contributed by atoms with Gasteiger partial charge in [0, 0.05) is 15.2 Å². The van der Waals surface area contributed by atoms with Crippen molar-refractivity contribution in [3.05, 3.63) is 83.0 Å². The zero-order valence-corrected chi connectivity index (χ0v) is 17.3. The number of rotatable bonds is 3. The molecule has 0 unspecified atom stereocenters. The maximum Gasteiger partial charge on any atom is 0.217 e. The van der Waals surface area contributed by atoms with Gasteiger partial charge >= 0.3 is 0 Å². The van der Waals surface area contributed by atoms with Crippen LogP contribution in [0.3, 0.4) is 0 Å². The number of para-hydroxylation sites is 3. The third kappa shape index (κ3) is 2.64. The van der Waals surface area contributed by atoms with Gasteiger partial charge in [0.15, 0.2) is 11.4 Å². The molecule has 30 heavy (non-hydrogen) atoms. The van der Waals surface area contributed by atoms with E-state index in [0.29, 0.717) is 17.0 Å². The molecule has 3 aromatic carbocycles. The van der Waals surface area contributed by atoms with E-state index in [1.165, 1.54) is 0 Å². The summed E-state index contributed by atoms with van der Waals surface area (Å²) < 4.78 is 8.66. The topological polar surface area (TPSA) is 60.9 Å². The van der Waals surface area contributed by atoms with Crippen LogP contribution in [-0.4, -0.2) is 20.3 Å². The highest BCUT2D eigenvalue weighted by Crippen LogP contribution is 2.31. The van der Waals surface area contributed by atoms with Gasteiger partial charge in [0.2, 0.25) is 5.78 Å². The molecule has 0 amide bonds. The third-order valence-electron chi connectivity index (χ3n) is 5.31. The van der Waals surface area contributed by atoms with Crippen LogP contribution in [0.2, 0.25) is 0 Å². The predicted octanol–water partition coefficient (Wildman–Crippen LogP) is 6.13. The molecule has 3 heterocycles. The summed E-state index contributed by atoms with van der Waals surface area (Å²) in [5, 5.41) is 1.87. The minimum absolute atomic E-state index is 0.108. The number of nitrogens with zero attached hydrogens (tertiary/aromatic N) is 3. The Labute approximate surface area is 179 Å². The van der Waals surface area contributed by atoms with E-state index in [0.717, 1.165) is 37.3 Å². The van der Waals surface area contributed by atoms with Crippen LogP contribution in [0.1, 0.15) is 10.6 Å². The average Bonchev–Trinajstić information content (AvgIpc) is 3.32. The van der Waals surface area contributed by atoms with Crippen LogP contribution >= 0.6 is 15.9 Å². The number of ketones is 1. The van der Waals surface area contributed by atoms with Gasteiger partial charge in [0.1, 0.15) is 11.1 Å². The third-order valence-corrected chi connectivity index (χ3v) is 5.81. The van der Waals surface area contributed by atoms with Crippen LogP contribution in [0.25, 0.3) is 44.1 Å². The molecular formula is C24H14BrN3O2. The number of hydrogen-bond acceptors (Lipinski definition) is 4. The summed E-state index contributed by atoms with van der Waals surface area (Å²) in [4.78, 5) is 22.8. The molecule has 0 saturated carbocycles. The quantitative estimate of drug-likeness (QED) is 0.301. The van der Waals surface area contributed by atoms with Crippen LogP contribution in [0.5, 0.6) is 0 Å². The lowest BCUT2D eigenvalue weighted by molar-refractivity contribution is 0.0950. The molecule has 6 aromatic rings. The van der Waals surface area contributed by atoms with E-state index in [4.69, 9.17) is 14.4 Å². The lowest BCUT2D eigenvalue weighted by Crippen LogP contribution is -2.10. The highest BCUT2D eigenvalue weighted by Gasteiger charge is 2.19. The molecule has 0 spiro atoms. The molecule has 0 bridgehead atoms. The summed E-state index contributed by atoms with van der Waals surface area (Å²) >= 11 is 3.54. The van der Waals surface area contributed by atoms with Crippen LogP contribution < -0.4 is 0 Å². The van der Waals surface area contributed by atoms with Crippen LogP contribution in [0.15, 0.2) is 81.7 Å². The van der Waals surface area contributed by atoms with Gasteiger partial charge in [-0.2, -0.15) is 0 Å². The summed E-state index contributed by atoms with van der Waals surface area (Å²) in [7, 11) is 0. The molecule has 0 aliphatic carbocycles. The molecule has 6 rings (SSSR count). The lowest BCUT2D eigenvalue weighted by Gasteiger charge is -2.05. The van der Waals surface area contributed by atoms with Crippen molar-refractivity contribution in [2.24, 2.45) is 0 Å². The maximum atomic E-state index is 13.1. The standard InChI is InChI=1S/C24H14BrN3O2/c25-15-9-10-19-16(12-15)23-24(27-18-7-3-2-6-17(18)26-23)28(19)13-20(29)22-11-14-5-1-4-8-21(14)30-22/h1-12H,13H2. The van der Waals surface area contributed by atoms with Crippen molar-refractivity contribution in [3.8, 4) is 0 Å². The predicted molar refractivity (Wildman–Crippen MR) is 121 cm³/mol. The van der Waals surface area contributed by atoms with E-state index in [-0.39, 0.29) is 12.3 Å². The van der Waals surface area contributed by atoms with E-state index in [2.05, 4.69) is 15.9 Å². The first-order valence-electron chi connectivity index (χ1n) is 9.53. The van der Waals surface area contributed by atoms with Crippen LogP contribution in [0.4, 0.5) is 0 Å². The smallest absolute Gasteiger partial charge is 0.217 e. The summed E-state index contributed by atoms with van der Waals surface area (Å²) in [6.07, 6.45) is 0. The molecular weight excluding hydrogens is 442 g/mol. The summed E-state index contributed by atoms with van der Waals surface area (Å²) in [5.41, 5.74) is 4.70. The normalized spacial score (nSPS) is 11.8.